The molecule has 0 aromatic heterocycles. The van der Waals surface area contributed by atoms with Crippen molar-refractivity contribution in [1.29, 1.82) is 0 Å². The monoisotopic (exact) mass is 1030 g/mol. The SMILES string of the molecule is CCCCCCCCCCc1ccc([P+](NP(c2cccc(CCCCCCCCCC)c2)c2cccc(CCCCCCCCCC)c2)(c2ccc(CCCCCCCCCC)cc2)C2CCCCC2)cc1. The Labute approximate surface area is 455 Å². The van der Waals surface area contributed by atoms with Gasteiger partial charge in [0.1, 0.15) is 10.6 Å². The summed E-state index contributed by atoms with van der Waals surface area (Å²) in [6, 6.07) is 40.8. The van der Waals surface area contributed by atoms with Crippen LogP contribution >= 0.6 is 15.5 Å². The molecule has 1 aliphatic rings. The van der Waals surface area contributed by atoms with Crippen LogP contribution in [-0.2, 0) is 25.7 Å². The summed E-state index contributed by atoms with van der Waals surface area (Å²) < 4.78 is 0. The molecule has 5 rings (SSSR count). The predicted octanol–water partition coefficient (Wildman–Crippen LogP) is 21.3. The van der Waals surface area contributed by atoms with Crippen molar-refractivity contribution in [1.82, 2.24) is 4.86 Å². The van der Waals surface area contributed by atoms with Crippen molar-refractivity contribution >= 4 is 36.7 Å². The second-order valence-electron chi connectivity index (χ2n) is 23.0. The van der Waals surface area contributed by atoms with Gasteiger partial charge in [-0.1, -0.05) is 275 Å². The van der Waals surface area contributed by atoms with Crippen LogP contribution < -0.4 is 26.1 Å². The van der Waals surface area contributed by atoms with E-state index >= 15 is 0 Å². The Morgan fingerprint density at radius 3 is 0.973 bits per heavy atom. The Morgan fingerprint density at radius 2 is 0.644 bits per heavy atom. The summed E-state index contributed by atoms with van der Waals surface area (Å²) >= 11 is 0. The number of hydrogen-bond donors (Lipinski definition) is 1. The number of rotatable bonds is 43. The molecule has 73 heavy (non-hydrogen) atoms. The Balaban J connectivity index is 1.48. The first-order chi connectivity index (χ1) is 36.1. The van der Waals surface area contributed by atoms with E-state index in [4.69, 9.17) is 4.86 Å². The van der Waals surface area contributed by atoms with Crippen LogP contribution in [0.5, 0.6) is 0 Å². The molecule has 0 bridgehead atoms. The fourth-order valence-corrected chi connectivity index (χ4v) is 20.6. The summed E-state index contributed by atoms with van der Waals surface area (Å²) in [5.74, 6) is 0. The molecule has 0 heterocycles. The van der Waals surface area contributed by atoms with E-state index in [1.54, 1.807) is 10.6 Å². The zero-order valence-electron chi connectivity index (χ0n) is 48.2. The van der Waals surface area contributed by atoms with E-state index < -0.39 is 15.5 Å². The third-order valence-corrected chi connectivity index (χ3v) is 24.2. The van der Waals surface area contributed by atoms with E-state index in [0.717, 1.165) is 0 Å². The average molecular weight is 1030 g/mol. The fraction of sp³-hybridized carbons (Fsp3) is 0.657. The van der Waals surface area contributed by atoms with Crippen molar-refractivity contribution < 1.29 is 0 Å². The zero-order valence-corrected chi connectivity index (χ0v) is 50.0. The minimum Gasteiger partial charge on any atom is -0.154 e. The highest BCUT2D eigenvalue weighted by atomic mass is 31.2. The van der Waals surface area contributed by atoms with Crippen LogP contribution in [0.4, 0.5) is 0 Å². The Morgan fingerprint density at radius 1 is 0.342 bits per heavy atom. The first kappa shape index (κ1) is 61.6. The van der Waals surface area contributed by atoms with Gasteiger partial charge in [-0.05, 0) is 146 Å². The number of nitrogens with one attached hydrogen (secondary N) is 1. The normalized spacial score (nSPS) is 13.4. The van der Waals surface area contributed by atoms with Gasteiger partial charge in [0.05, 0.1) is 13.7 Å². The molecular weight excluding hydrogens is 917 g/mol. The van der Waals surface area contributed by atoms with Crippen molar-refractivity contribution in [2.45, 2.75) is 297 Å². The molecule has 1 nitrogen and oxygen atoms in total. The van der Waals surface area contributed by atoms with Crippen LogP contribution in [-0.4, -0.2) is 5.66 Å². The van der Waals surface area contributed by atoms with Gasteiger partial charge in [-0.3, -0.25) is 0 Å². The molecular formula is C70H112NP2+. The summed E-state index contributed by atoms with van der Waals surface area (Å²) in [5, 5.41) is 6.23. The molecule has 0 saturated heterocycles. The third-order valence-electron chi connectivity index (χ3n) is 16.7. The van der Waals surface area contributed by atoms with Gasteiger partial charge in [0.2, 0.25) is 0 Å². The molecule has 1 saturated carbocycles. The Hall–Kier alpha value is -2.30. The first-order valence-electron chi connectivity index (χ1n) is 31.9. The summed E-state index contributed by atoms with van der Waals surface area (Å²) in [4.78, 5) is 4.93. The van der Waals surface area contributed by atoms with Crippen LogP contribution in [0.25, 0.3) is 0 Å². The number of benzene rings is 4. The van der Waals surface area contributed by atoms with Gasteiger partial charge in [0, 0.05) is 0 Å². The average Bonchev–Trinajstić information content (AvgIpc) is 3.43. The Bertz CT molecular complexity index is 1800. The van der Waals surface area contributed by atoms with Crippen LogP contribution in [0, 0.1) is 0 Å². The number of unbranched alkanes of at least 4 members (excludes halogenated alkanes) is 28. The highest BCUT2D eigenvalue weighted by Crippen LogP contribution is 2.65. The van der Waals surface area contributed by atoms with Crippen molar-refractivity contribution in [3.05, 3.63) is 119 Å². The molecule has 4 aromatic rings. The smallest absolute Gasteiger partial charge is 0.153 e. The molecule has 1 N–H and O–H groups in total. The van der Waals surface area contributed by atoms with Crippen LogP contribution in [0.2, 0.25) is 0 Å². The molecule has 0 amide bonds. The fourth-order valence-electron chi connectivity index (χ4n) is 12.0. The van der Waals surface area contributed by atoms with Gasteiger partial charge in [-0.25, -0.2) is 0 Å². The maximum absolute atomic E-state index is 4.93. The second kappa shape index (κ2) is 39.1. The van der Waals surface area contributed by atoms with E-state index in [0.29, 0.717) is 5.66 Å². The van der Waals surface area contributed by atoms with Crippen LogP contribution in [0.1, 0.15) is 288 Å². The van der Waals surface area contributed by atoms with Gasteiger partial charge in [0.25, 0.3) is 0 Å². The predicted molar refractivity (Wildman–Crippen MR) is 333 cm³/mol. The molecule has 0 unspecified atom stereocenters. The molecule has 0 spiro atoms. The van der Waals surface area contributed by atoms with E-state index in [1.165, 1.54) is 296 Å². The van der Waals surface area contributed by atoms with Gasteiger partial charge in [-0.15, -0.1) is 0 Å². The molecule has 1 aliphatic carbocycles. The van der Waals surface area contributed by atoms with Gasteiger partial charge < -0.3 is 0 Å². The second-order valence-corrected chi connectivity index (χ2v) is 28.7. The highest BCUT2D eigenvalue weighted by Gasteiger charge is 2.52. The lowest BCUT2D eigenvalue weighted by Crippen LogP contribution is -2.42. The molecule has 1 fully saturated rings. The van der Waals surface area contributed by atoms with E-state index in [9.17, 15) is 0 Å². The van der Waals surface area contributed by atoms with Gasteiger partial charge in [-0.2, -0.15) is 4.86 Å². The minimum absolute atomic E-state index is 0.629. The zero-order chi connectivity index (χ0) is 51.3. The molecule has 0 aliphatic heterocycles. The quantitative estimate of drug-likeness (QED) is 0.0344. The summed E-state index contributed by atoms with van der Waals surface area (Å²) in [5.41, 5.74) is 6.75. The summed E-state index contributed by atoms with van der Waals surface area (Å²) in [7, 11) is -3.00. The largest absolute Gasteiger partial charge is 0.154 e. The van der Waals surface area contributed by atoms with Crippen molar-refractivity contribution in [3.63, 3.8) is 0 Å². The molecule has 3 heteroatoms. The lowest BCUT2D eigenvalue weighted by molar-refractivity contribution is 0.509. The van der Waals surface area contributed by atoms with E-state index in [1.807, 2.05) is 0 Å². The topological polar surface area (TPSA) is 12.0 Å². The maximum Gasteiger partial charge on any atom is 0.153 e. The maximum atomic E-state index is 4.93. The molecule has 0 atom stereocenters. The van der Waals surface area contributed by atoms with E-state index in [2.05, 4.69) is 125 Å². The molecule has 4 aromatic carbocycles. The highest BCUT2D eigenvalue weighted by molar-refractivity contribution is 7.96. The third kappa shape index (κ3) is 23.5. The van der Waals surface area contributed by atoms with Crippen molar-refractivity contribution in [2.75, 3.05) is 0 Å². The number of aryl methyl sites for hydroxylation is 4. The summed E-state index contributed by atoms with van der Waals surface area (Å²) in [6.07, 6.45) is 55.5. The van der Waals surface area contributed by atoms with Gasteiger partial charge in [0.15, 0.2) is 7.41 Å². The number of hydrogen-bond acceptors (Lipinski definition) is 1. The van der Waals surface area contributed by atoms with Gasteiger partial charge >= 0.3 is 0 Å². The first-order valence-corrected chi connectivity index (χ1v) is 35.1. The molecule has 406 valence electrons. The summed E-state index contributed by atoms with van der Waals surface area (Å²) in [6.45, 7) is 9.31. The van der Waals surface area contributed by atoms with E-state index in [-0.39, 0.29) is 0 Å². The molecule has 0 radical (unpaired) electrons. The van der Waals surface area contributed by atoms with Crippen LogP contribution in [0.3, 0.4) is 0 Å². The lowest BCUT2D eigenvalue weighted by Gasteiger charge is -2.39. The van der Waals surface area contributed by atoms with Crippen LogP contribution in [0.15, 0.2) is 97.1 Å². The lowest BCUT2D eigenvalue weighted by atomic mass is 10.0. The standard InChI is InChI=1S/C70H112NP2/c1-5-9-13-17-21-25-29-34-42-62-52-56-69(57-53-62)73(68-50-38-33-39-51-68,70-58-54-63(55-59-70)43-35-30-26-22-18-14-10-6-2)71-72(66-48-40-46-64(60-66)44-36-31-27-23-19-15-11-7-3)67-49-41-47-65(61-67)45-37-32-28-24-20-16-12-8-4/h40-41,46-49,52-61,68,71H,5-39,42-45,50-51H2,1-4H3/q+1. The van der Waals surface area contributed by atoms with Crippen molar-refractivity contribution in [3.8, 4) is 0 Å². The minimum atomic E-state index is -2.14. The van der Waals surface area contributed by atoms with Crippen molar-refractivity contribution in [2.24, 2.45) is 0 Å². The Kier molecular flexibility index (Phi) is 33.0.